The quantitative estimate of drug-likeness (QED) is 0.908. The van der Waals surface area contributed by atoms with E-state index >= 15 is 0 Å². The zero-order chi connectivity index (χ0) is 15.4. The molecule has 4 heteroatoms. The molecule has 3 rings (SSSR count). The van der Waals surface area contributed by atoms with Gasteiger partial charge in [0, 0.05) is 16.6 Å². The number of rotatable bonds is 3. The summed E-state index contributed by atoms with van der Waals surface area (Å²) in [4.78, 5) is 16.8. The van der Waals surface area contributed by atoms with Gasteiger partial charge in [-0.2, -0.15) is 0 Å². The van der Waals surface area contributed by atoms with Crippen LogP contribution in [0.1, 0.15) is 42.6 Å². The second kappa shape index (κ2) is 6.93. The number of pyridine rings is 1. The summed E-state index contributed by atoms with van der Waals surface area (Å²) < 4.78 is 0. The highest BCUT2D eigenvalue weighted by Gasteiger charge is 2.17. The minimum atomic E-state index is -0.0965. The summed E-state index contributed by atoms with van der Waals surface area (Å²) in [5, 5.41) is 3.73. The first-order chi connectivity index (χ1) is 10.7. The number of amides is 1. The van der Waals surface area contributed by atoms with E-state index in [2.05, 4.69) is 10.3 Å². The third-order valence-corrected chi connectivity index (χ3v) is 4.40. The maximum atomic E-state index is 12.4. The molecule has 1 amide bonds. The fourth-order valence-electron chi connectivity index (χ4n) is 2.89. The van der Waals surface area contributed by atoms with Gasteiger partial charge in [-0.25, -0.2) is 4.98 Å². The number of benzene rings is 1. The minimum absolute atomic E-state index is 0.0965. The number of nitrogens with one attached hydrogen (secondary N) is 1. The molecule has 0 unspecified atom stereocenters. The third-order valence-electron chi connectivity index (χ3n) is 4.07. The van der Waals surface area contributed by atoms with E-state index in [4.69, 9.17) is 11.6 Å². The molecule has 1 aliphatic carbocycles. The topological polar surface area (TPSA) is 42.0 Å². The molecule has 22 heavy (non-hydrogen) atoms. The Labute approximate surface area is 135 Å². The molecule has 1 aliphatic rings. The van der Waals surface area contributed by atoms with Crippen molar-refractivity contribution in [3.63, 3.8) is 0 Å². The highest BCUT2D eigenvalue weighted by molar-refractivity contribution is 6.33. The molecule has 1 N–H and O–H groups in total. The van der Waals surface area contributed by atoms with Gasteiger partial charge in [-0.05, 0) is 31.0 Å². The van der Waals surface area contributed by atoms with Crippen LogP contribution in [0.25, 0.3) is 11.3 Å². The van der Waals surface area contributed by atoms with Gasteiger partial charge in [-0.3, -0.25) is 4.79 Å². The van der Waals surface area contributed by atoms with Crippen LogP contribution < -0.4 is 5.32 Å². The first-order valence-electron chi connectivity index (χ1n) is 7.77. The lowest BCUT2D eigenvalue weighted by Gasteiger charge is -2.22. The maximum absolute atomic E-state index is 12.4. The Morgan fingerprint density at radius 2 is 1.82 bits per heavy atom. The van der Waals surface area contributed by atoms with E-state index in [0.717, 1.165) is 24.1 Å². The summed E-state index contributed by atoms with van der Waals surface area (Å²) in [6.45, 7) is 0. The molecule has 0 aliphatic heterocycles. The van der Waals surface area contributed by atoms with Crippen LogP contribution in [0.3, 0.4) is 0 Å². The second-order valence-corrected chi connectivity index (χ2v) is 6.10. The molecule has 1 heterocycles. The summed E-state index contributed by atoms with van der Waals surface area (Å²) >= 11 is 6.21. The Morgan fingerprint density at radius 1 is 1.05 bits per heavy atom. The van der Waals surface area contributed by atoms with Crippen LogP contribution in [0.4, 0.5) is 0 Å². The van der Waals surface area contributed by atoms with Gasteiger partial charge in [0.05, 0.1) is 5.69 Å². The first kappa shape index (κ1) is 15.0. The fourth-order valence-corrected chi connectivity index (χ4v) is 3.12. The van der Waals surface area contributed by atoms with Gasteiger partial charge in [-0.15, -0.1) is 0 Å². The maximum Gasteiger partial charge on any atom is 0.270 e. The highest BCUT2D eigenvalue weighted by Crippen LogP contribution is 2.26. The monoisotopic (exact) mass is 314 g/mol. The Kier molecular flexibility index (Phi) is 4.74. The zero-order valence-electron chi connectivity index (χ0n) is 12.4. The van der Waals surface area contributed by atoms with Crippen molar-refractivity contribution in [2.75, 3.05) is 0 Å². The number of carbonyl (C=O) groups excluding carboxylic acids is 1. The Hall–Kier alpha value is -1.87. The number of carbonyl (C=O) groups is 1. The van der Waals surface area contributed by atoms with Crippen molar-refractivity contribution in [2.45, 2.75) is 38.1 Å². The molecule has 3 nitrogen and oxygen atoms in total. The molecule has 0 radical (unpaired) electrons. The predicted octanol–water partition coefficient (Wildman–Crippen LogP) is 4.46. The van der Waals surface area contributed by atoms with Gasteiger partial charge in [0.1, 0.15) is 5.69 Å². The lowest BCUT2D eigenvalue weighted by molar-refractivity contribution is 0.0923. The van der Waals surface area contributed by atoms with Crippen LogP contribution in [-0.4, -0.2) is 16.9 Å². The summed E-state index contributed by atoms with van der Waals surface area (Å²) in [6.07, 6.45) is 5.79. The Morgan fingerprint density at radius 3 is 2.59 bits per heavy atom. The molecule has 1 saturated carbocycles. The largest absolute Gasteiger partial charge is 0.348 e. The third kappa shape index (κ3) is 3.47. The van der Waals surface area contributed by atoms with Crippen LogP contribution in [0.2, 0.25) is 5.02 Å². The summed E-state index contributed by atoms with van der Waals surface area (Å²) in [5.41, 5.74) is 2.02. The van der Waals surface area contributed by atoms with E-state index in [9.17, 15) is 4.79 Å². The number of nitrogens with zero attached hydrogens (tertiary/aromatic N) is 1. The van der Waals surface area contributed by atoms with Gasteiger partial charge < -0.3 is 5.32 Å². The van der Waals surface area contributed by atoms with E-state index < -0.39 is 0 Å². The van der Waals surface area contributed by atoms with E-state index in [1.165, 1.54) is 19.3 Å². The predicted molar refractivity (Wildman–Crippen MR) is 89.0 cm³/mol. The molecule has 0 atom stereocenters. The van der Waals surface area contributed by atoms with Crippen molar-refractivity contribution in [1.29, 1.82) is 0 Å². The van der Waals surface area contributed by atoms with Crippen molar-refractivity contribution in [1.82, 2.24) is 10.3 Å². The Bertz CT molecular complexity index is 666. The normalized spacial score (nSPS) is 15.5. The number of halogens is 1. The van der Waals surface area contributed by atoms with Crippen molar-refractivity contribution in [3.05, 3.63) is 53.2 Å². The second-order valence-electron chi connectivity index (χ2n) is 5.70. The van der Waals surface area contributed by atoms with Gasteiger partial charge in [0.2, 0.25) is 0 Å². The zero-order valence-corrected chi connectivity index (χ0v) is 13.1. The van der Waals surface area contributed by atoms with E-state index in [0.29, 0.717) is 10.7 Å². The standard InChI is InChI=1S/C18H19ClN2O/c19-15-10-5-4-9-14(15)16-11-6-12-17(21-16)18(22)20-13-7-2-1-3-8-13/h4-6,9-13H,1-3,7-8H2,(H,20,22). The molecule has 0 bridgehead atoms. The Balaban J connectivity index is 1.79. The summed E-state index contributed by atoms with van der Waals surface area (Å²) in [6, 6.07) is 13.3. The lowest BCUT2D eigenvalue weighted by Crippen LogP contribution is -2.36. The van der Waals surface area contributed by atoms with Crippen LogP contribution in [0.15, 0.2) is 42.5 Å². The van der Waals surface area contributed by atoms with Gasteiger partial charge >= 0.3 is 0 Å². The van der Waals surface area contributed by atoms with Crippen LogP contribution in [-0.2, 0) is 0 Å². The average Bonchev–Trinajstić information content (AvgIpc) is 2.56. The van der Waals surface area contributed by atoms with Crippen molar-refractivity contribution < 1.29 is 4.79 Å². The molecule has 2 aromatic rings. The molecule has 1 aromatic heterocycles. The molecule has 0 spiro atoms. The van der Waals surface area contributed by atoms with Gasteiger partial charge in [0.15, 0.2) is 0 Å². The number of hydrogen-bond acceptors (Lipinski definition) is 2. The van der Waals surface area contributed by atoms with E-state index in [-0.39, 0.29) is 11.9 Å². The van der Waals surface area contributed by atoms with Crippen LogP contribution in [0.5, 0.6) is 0 Å². The van der Waals surface area contributed by atoms with Crippen LogP contribution >= 0.6 is 11.6 Å². The average molecular weight is 315 g/mol. The number of hydrogen-bond donors (Lipinski definition) is 1. The lowest BCUT2D eigenvalue weighted by atomic mass is 9.95. The fraction of sp³-hybridized carbons (Fsp3) is 0.333. The van der Waals surface area contributed by atoms with Crippen molar-refractivity contribution in [3.8, 4) is 11.3 Å². The van der Waals surface area contributed by atoms with E-state index in [1.54, 1.807) is 6.07 Å². The smallest absolute Gasteiger partial charge is 0.270 e. The van der Waals surface area contributed by atoms with Gasteiger partial charge in [0.25, 0.3) is 5.91 Å². The molecular formula is C18H19ClN2O. The molecule has 1 aromatic carbocycles. The van der Waals surface area contributed by atoms with E-state index in [1.807, 2.05) is 36.4 Å². The molecule has 114 valence electrons. The minimum Gasteiger partial charge on any atom is -0.348 e. The molecule has 0 saturated heterocycles. The van der Waals surface area contributed by atoms with Gasteiger partial charge in [-0.1, -0.05) is 55.1 Å². The summed E-state index contributed by atoms with van der Waals surface area (Å²) in [7, 11) is 0. The highest BCUT2D eigenvalue weighted by atomic mass is 35.5. The number of aromatic nitrogens is 1. The summed E-state index contributed by atoms with van der Waals surface area (Å²) in [5.74, 6) is -0.0965. The van der Waals surface area contributed by atoms with Crippen molar-refractivity contribution in [2.24, 2.45) is 0 Å². The SMILES string of the molecule is O=C(NC1CCCCC1)c1cccc(-c2ccccc2Cl)n1. The molecular weight excluding hydrogens is 296 g/mol. The van der Waals surface area contributed by atoms with Crippen LogP contribution in [0, 0.1) is 0 Å². The molecule has 1 fully saturated rings. The van der Waals surface area contributed by atoms with Crippen molar-refractivity contribution >= 4 is 17.5 Å². The first-order valence-corrected chi connectivity index (χ1v) is 8.14.